The molecule has 1 rings (SSSR count). The van der Waals surface area contributed by atoms with E-state index in [1.54, 1.807) is 0 Å². The molecule has 0 heterocycles. The average Bonchev–Trinajstić information content (AvgIpc) is 2.14. The molecule has 0 saturated carbocycles. The van der Waals surface area contributed by atoms with Gasteiger partial charge in [0.25, 0.3) is 0 Å². The van der Waals surface area contributed by atoms with Crippen LogP contribution in [0.15, 0.2) is 17.2 Å². The minimum Gasteiger partial charge on any atom is -0.369 e. The topological polar surface area (TPSA) is 76.4 Å². The van der Waals surface area contributed by atoms with Gasteiger partial charge in [0.05, 0.1) is 21.3 Å². The highest BCUT2D eigenvalue weighted by Crippen LogP contribution is 2.38. The highest BCUT2D eigenvalue weighted by atomic mass is 35.5. The maximum atomic E-state index is 12.4. The molecule has 0 aliphatic rings. The Morgan fingerprint density at radius 1 is 1.18 bits per heavy atom. The molecule has 5 N–H and O–H groups in total. The molecule has 0 bridgehead atoms. The lowest BCUT2D eigenvalue weighted by Gasteiger charge is -2.11. The van der Waals surface area contributed by atoms with E-state index in [0.29, 0.717) is 0 Å². The monoisotopic (exact) mass is 286 g/mol. The van der Waals surface area contributed by atoms with Gasteiger partial charge in [0, 0.05) is 0 Å². The minimum absolute atomic E-state index is 0.00488. The van der Waals surface area contributed by atoms with Gasteiger partial charge in [-0.15, -0.1) is 5.10 Å². The molecular weight excluding hydrogens is 280 g/mol. The van der Waals surface area contributed by atoms with Crippen molar-refractivity contribution in [1.82, 2.24) is 0 Å². The Hall–Kier alpha value is -1.34. The van der Waals surface area contributed by atoms with Crippen molar-refractivity contribution < 1.29 is 13.2 Å². The number of hydrogen-bond acceptors (Lipinski definition) is 2. The van der Waals surface area contributed by atoms with E-state index < -0.39 is 11.7 Å². The summed E-state index contributed by atoms with van der Waals surface area (Å²) < 4.78 is 37.2. The fraction of sp³-hybridized carbons (Fsp3) is 0.125. The highest BCUT2D eigenvalue weighted by molar-refractivity contribution is 6.39. The predicted molar refractivity (Wildman–Crippen MR) is 60.9 cm³/mol. The van der Waals surface area contributed by atoms with Crippen molar-refractivity contribution in [2.45, 2.75) is 6.18 Å². The SMILES string of the molecule is NC(N)=NNc1c(Cl)cc(C(F)(F)F)cc1Cl. The standard InChI is InChI=1S/C8H7Cl2F3N4/c9-4-1-3(8(11,12)13)2-5(10)6(4)16-17-7(14)15/h1-2,16H,(H4,14,15,17). The van der Waals surface area contributed by atoms with Crippen molar-refractivity contribution in [1.29, 1.82) is 0 Å². The highest BCUT2D eigenvalue weighted by Gasteiger charge is 2.32. The van der Waals surface area contributed by atoms with E-state index in [1.807, 2.05) is 0 Å². The third-order valence-corrected chi connectivity index (χ3v) is 2.26. The third-order valence-electron chi connectivity index (χ3n) is 1.67. The van der Waals surface area contributed by atoms with Gasteiger partial charge in [0.15, 0.2) is 0 Å². The first-order valence-corrected chi connectivity index (χ1v) is 4.88. The van der Waals surface area contributed by atoms with Crippen LogP contribution in [0.5, 0.6) is 0 Å². The lowest BCUT2D eigenvalue weighted by atomic mass is 10.2. The number of nitrogens with one attached hydrogen (secondary N) is 1. The molecule has 1 aromatic rings. The summed E-state index contributed by atoms with van der Waals surface area (Å²) in [5.74, 6) is -0.308. The Balaban J connectivity index is 3.16. The molecule has 0 radical (unpaired) electrons. The van der Waals surface area contributed by atoms with Gasteiger partial charge < -0.3 is 11.5 Å². The molecule has 0 spiro atoms. The molecule has 94 valence electrons. The second-order valence-corrected chi connectivity index (χ2v) is 3.78. The predicted octanol–water partition coefficient (Wildman–Crippen LogP) is 2.61. The molecule has 0 aliphatic heterocycles. The molecule has 9 heteroatoms. The number of hydrogen-bond donors (Lipinski definition) is 3. The first-order chi connectivity index (χ1) is 7.71. The number of nitrogens with two attached hydrogens (primary N) is 2. The molecule has 0 atom stereocenters. The van der Waals surface area contributed by atoms with Crippen LogP contribution >= 0.6 is 23.2 Å². The van der Waals surface area contributed by atoms with Gasteiger partial charge in [-0.05, 0) is 12.1 Å². The largest absolute Gasteiger partial charge is 0.416 e. The van der Waals surface area contributed by atoms with Crippen LogP contribution in [0.2, 0.25) is 10.0 Å². The molecule has 0 aliphatic carbocycles. The van der Waals surface area contributed by atoms with Crippen molar-refractivity contribution in [3.63, 3.8) is 0 Å². The maximum Gasteiger partial charge on any atom is 0.416 e. The quantitative estimate of drug-likeness (QED) is 0.444. The Bertz CT molecular complexity index is 432. The average molecular weight is 287 g/mol. The number of hydrazone groups is 1. The second-order valence-electron chi connectivity index (χ2n) is 2.96. The zero-order chi connectivity index (χ0) is 13.2. The van der Waals surface area contributed by atoms with Crippen LogP contribution in [0.1, 0.15) is 5.56 Å². The number of alkyl halides is 3. The number of guanidine groups is 1. The summed E-state index contributed by atoms with van der Waals surface area (Å²) in [4.78, 5) is 0. The Kier molecular flexibility index (Phi) is 3.94. The van der Waals surface area contributed by atoms with E-state index in [2.05, 4.69) is 10.5 Å². The summed E-state index contributed by atoms with van der Waals surface area (Å²) in [5, 5.41) is 2.90. The van der Waals surface area contributed by atoms with Crippen LogP contribution in [0.3, 0.4) is 0 Å². The first kappa shape index (κ1) is 13.7. The molecule has 17 heavy (non-hydrogen) atoms. The number of halogens is 5. The molecular formula is C8H7Cl2F3N4. The Morgan fingerprint density at radius 3 is 2.00 bits per heavy atom. The summed E-state index contributed by atoms with van der Waals surface area (Å²) in [7, 11) is 0. The summed E-state index contributed by atoms with van der Waals surface area (Å²) >= 11 is 11.3. The number of anilines is 1. The van der Waals surface area contributed by atoms with Gasteiger partial charge in [-0.2, -0.15) is 13.2 Å². The number of benzene rings is 1. The summed E-state index contributed by atoms with van der Waals surface area (Å²) in [6.07, 6.45) is -4.53. The van der Waals surface area contributed by atoms with E-state index in [9.17, 15) is 13.2 Å². The summed E-state index contributed by atoms with van der Waals surface area (Å²) in [5.41, 5.74) is 11.4. The van der Waals surface area contributed by atoms with Crippen LogP contribution < -0.4 is 16.9 Å². The van der Waals surface area contributed by atoms with Crippen LogP contribution in [-0.4, -0.2) is 5.96 Å². The van der Waals surface area contributed by atoms with Gasteiger partial charge >= 0.3 is 6.18 Å². The van der Waals surface area contributed by atoms with E-state index >= 15 is 0 Å². The van der Waals surface area contributed by atoms with Crippen molar-refractivity contribution in [2.75, 3.05) is 5.43 Å². The van der Waals surface area contributed by atoms with Gasteiger partial charge in [-0.25, -0.2) is 0 Å². The summed E-state index contributed by atoms with van der Waals surface area (Å²) in [6, 6.07) is 1.44. The van der Waals surface area contributed by atoms with Crippen molar-refractivity contribution in [2.24, 2.45) is 16.6 Å². The van der Waals surface area contributed by atoms with Crippen LogP contribution in [-0.2, 0) is 6.18 Å². The van der Waals surface area contributed by atoms with Gasteiger partial charge in [0.1, 0.15) is 0 Å². The van der Waals surface area contributed by atoms with Gasteiger partial charge in [-0.1, -0.05) is 23.2 Å². The normalized spacial score (nSPS) is 11.1. The second kappa shape index (κ2) is 4.89. The lowest BCUT2D eigenvalue weighted by Crippen LogP contribution is -2.24. The third kappa shape index (κ3) is 3.57. The van der Waals surface area contributed by atoms with E-state index in [1.165, 1.54) is 0 Å². The first-order valence-electron chi connectivity index (χ1n) is 4.12. The van der Waals surface area contributed by atoms with Crippen LogP contribution in [0.25, 0.3) is 0 Å². The van der Waals surface area contributed by atoms with E-state index in [0.717, 1.165) is 12.1 Å². The molecule has 0 saturated heterocycles. The molecule has 1 aromatic carbocycles. The molecule has 0 unspecified atom stereocenters. The van der Waals surface area contributed by atoms with Gasteiger partial charge in [0.2, 0.25) is 5.96 Å². The molecule has 4 nitrogen and oxygen atoms in total. The Morgan fingerprint density at radius 2 is 1.65 bits per heavy atom. The zero-order valence-electron chi connectivity index (χ0n) is 8.15. The maximum absolute atomic E-state index is 12.4. The van der Waals surface area contributed by atoms with Crippen LogP contribution in [0, 0.1) is 0 Å². The van der Waals surface area contributed by atoms with Crippen LogP contribution in [0.4, 0.5) is 18.9 Å². The molecule has 0 aromatic heterocycles. The summed E-state index contributed by atoms with van der Waals surface area (Å²) in [6.45, 7) is 0. The number of rotatable bonds is 2. The fourth-order valence-electron chi connectivity index (χ4n) is 0.964. The fourth-order valence-corrected chi connectivity index (χ4v) is 1.54. The van der Waals surface area contributed by atoms with E-state index in [-0.39, 0.29) is 21.7 Å². The van der Waals surface area contributed by atoms with Crippen molar-refractivity contribution in [3.05, 3.63) is 27.7 Å². The van der Waals surface area contributed by atoms with Gasteiger partial charge in [-0.3, -0.25) is 5.43 Å². The molecule has 0 amide bonds. The number of nitrogens with zero attached hydrogens (tertiary/aromatic N) is 1. The Labute approximate surface area is 104 Å². The minimum atomic E-state index is -4.53. The zero-order valence-corrected chi connectivity index (χ0v) is 9.66. The lowest BCUT2D eigenvalue weighted by molar-refractivity contribution is -0.137. The van der Waals surface area contributed by atoms with E-state index in [4.69, 9.17) is 34.7 Å². The van der Waals surface area contributed by atoms with Crippen molar-refractivity contribution in [3.8, 4) is 0 Å². The smallest absolute Gasteiger partial charge is 0.369 e. The van der Waals surface area contributed by atoms with Crippen molar-refractivity contribution >= 4 is 34.8 Å². The molecule has 0 fully saturated rings.